The van der Waals surface area contributed by atoms with Crippen molar-refractivity contribution in [3.05, 3.63) is 34.9 Å². The molecule has 0 radical (unpaired) electrons. The molecule has 0 aliphatic carbocycles. The average Bonchev–Trinajstić information content (AvgIpc) is 2.34. The smallest absolute Gasteiger partial charge is 0.0594 e. The molecule has 4 heteroatoms. The zero-order chi connectivity index (χ0) is 12.4. The summed E-state index contributed by atoms with van der Waals surface area (Å²) >= 11 is 6.00. The number of nitrogens with zero attached hydrogens (tertiary/aromatic N) is 2. The van der Waals surface area contributed by atoms with Crippen LogP contribution >= 0.6 is 11.6 Å². The molecular weight excluding hydrogens is 248 g/mol. The third-order valence-electron chi connectivity index (χ3n) is 3.80. The van der Waals surface area contributed by atoms with Crippen molar-refractivity contribution in [3.8, 4) is 0 Å². The van der Waals surface area contributed by atoms with E-state index in [2.05, 4.69) is 21.9 Å². The van der Waals surface area contributed by atoms with Crippen LogP contribution in [0.3, 0.4) is 0 Å². The fourth-order valence-corrected chi connectivity index (χ4v) is 2.95. The van der Waals surface area contributed by atoms with E-state index in [9.17, 15) is 0 Å². The summed E-state index contributed by atoms with van der Waals surface area (Å²) in [5.74, 6) is 0. The molecule has 0 aromatic heterocycles. The normalized spacial score (nSPS) is 22.9. The molecule has 1 aromatic carbocycles. The Morgan fingerprint density at radius 1 is 1.22 bits per heavy atom. The van der Waals surface area contributed by atoms with E-state index >= 15 is 0 Å². The van der Waals surface area contributed by atoms with E-state index in [4.69, 9.17) is 16.3 Å². The minimum absolute atomic E-state index is 0.730. The Morgan fingerprint density at radius 2 is 2.00 bits per heavy atom. The third kappa shape index (κ3) is 2.86. The molecular formula is C14H19ClN2O. The number of halogens is 1. The van der Waals surface area contributed by atoms with E-state index in [1.807, 2.05) is 12.1 Å². The molecule has 2 saturated heterocycles. The third-order valence-corrected chi connectivity index (χ3v) is 4.03. The van der Waals surface area contributed by atoms with Crippen LogP contribution < -0.4 is 0 Å². The van der Waals surface area contributed by atoms with Gasteiger partial charge in [-0.1, -0.05) is 23.7 Å². The van der Waals surface area contributed by atoms with Gasteiger partial charge in [0.25, 0.3) is 0 Å². The van der Waals surface area contributed by atoms with Crippen LogP contribution in [0.25, 0.3) is 0 Å². The molecule has 2 fully saturated rings. The minimum atomic E-state index is 0.730. The predicted molar refractivity (Wildman–Crippen MR) is 72.9 cm³/mol. The molecule has 98 valence electrons. The van der Waals surface area contributed by atoms with Crippen LogP contribution in [-0.2, 0) is 11.3 Å². The van der Waals surface area contributed by atoms with E-state index in [-0.39, 0.29) is 0 Å². The highest BCUT2D eigenvalue weighted by molar-refractivity contribution is 6.30. The first-order chi connectivity index (χ1) is 8.81. The van der Waals surface area contributed by atoms with Gasteiger partial charge in [0.15, 0.2) is 0 Å². The molecule has 0 N–H and O–H groups in total. The molecule has 1 aromatic rings. The standard InChI is InChI=1S/C14H19ClN2O/c15-13-3-1-2-12(8-13)9-16-10-14(11-16)17-4-6-18-7-5-17/h1-3,8,14H,4-7,9-11H2. The molecule has 2 heterocycles. The van der Waals surface area contributed by atoms with Crippen molar-refractivity contribution < 1.29 is 4.74 Å². The molecule has 2 aliphatic heterocycles. The summed E-state index contributed by atoms with van der Waals surface area (Å²) in [6.07, 6.45) is 0. The molecule has 0 unspecified atom stereocenters. The van der Waals surface area contributed by atoms with E-state index in [1.54, 1.807) is 0 Å². The highest BCUT2D eigenvalue weighted by Gasteiger charge is 2.32. The van der Waals surface area contributed by atoms with Crippen LogP contribution in [-0.4, -0.2) is 55.2 Å². The van der Waals surface area contributed by atoms with Gasteiger partial charge in [0, 0.05) is 43.8 Å². The lowest BCUT2D eigenvalue weighted by molar-refractivity contribution is -0.0344. The lowest BCUT2D eigenvalue weighted by Crippen LogP contribution is -2.60. The van der Waals surface area contributed by atoms with Gasteiger partial charge in [-0.2, -0.15) is 0 Å². The maximum Gasteiger partial charge on any atom is 0.0594 e. The van der Waals surface area contributed by atoms with Crippen molar-refractivity contribution in [2.24, 2.45) is 0 Å². The summed E-state index contributed by atoms with van der Waals surface area (Å²) in [5.41, 5.74) is 1.31. The lowest BCUT2D eigenvalue weighted by Gasteiger charge is -2.46. The van der Waals surface area contributed by atoms with E-state index in [0.717, 1.165) is 43.9 Å². The molecule has 0 atom stereocenters. The first kappa shape index (κ1) is 12.4. The fourth-order valence-electron chi connectivity index (χ4n) is 2.74. The van der Waals surface area contributed by atoms with Gasteiger partial charge in [-0.3, -0.25) is 9.80 Å². The number of rotatable bonds is 3. The largest absolute Gasteiger partial charge is 0.379 e. The Balaban J connectivity index is 1.47. The van der Waals surface area contributed by atoms with E-state index in [1.165, 1.54) is 18.7 Å². The summed E-state index contributed by atoms with van der Waals surface area (Å²) in [5, 5.41) is 0.831. The zero-order valence-corrected chi connectivity index (χ0v) is 11.3. The summed E-state index contributed by atoms with van der Waals surface area (Å²) in [7, 11) is 0. The second-order valence-electron chi connectivity index (χ2n) is 5.13. The van der Waals surface area contributed by atoms with Crippen molar-refractivity contribution >= 4 is 11.6 Å². The van der Waals surface area contributed by atoms with Gasteiger partial charge in [0.1, 0.15) is 0 Å². The SMILES string of the molecule is Clc1cccc(CN2CC(N3CCOCC3)C2)c1. The molecule has 18 heavy (non-hydrogen) atoms. The van der Waals surface area contributed by atoms with Crippen molar-refractivity contribution in [2.75, 3.05) is 39.4 Å². The van der Waals surface area contributed by atoms with Crippen LogP contribution in [0, 0.1) is 0 Å². The van der Waals surface area contributed by atoms with Gasteiger partial charge in [-0.05, 0) is 17.7 Å². The highest BCUT2D eigenvalue weighted by Crippen LogP contribution is 2.20. The van der Waals surface area contributed by atoms with Gasteiger partial charge in [-0.25, -0.2) is 0 Å². The van der Waals surface area contributed by atoms with E-state index < -0.39 is 0 Å². The Morgan fingerprint density at radius 3 is 2.72 bits per heavy atom. The molecule has 0 spiro atoms. The zero-order valence-electron chi connectivity index (χ0n) is 10.5. The maximum absolute atomic E-state index is 6.00. The van der Waals surface area contributed by atoms with Gasteiger partial charge < -0.3 is 4.74 Å². The molecule has 0 bridgehead atoms. The summed E-state index contributed by atoms with van der Waals surface area (Å²) in [6.45, 7) is 7.33. The van der Waals surface area contributed by atoms with Gasteiger partial charge in [0.2, 0.25) is 0 Å². The van der Waals surface area contributed by atoms with Crippen molar-refractivity contribution in [1.82, 2.24) is 9.80 Å². The van der Waals surface area contributed by atoms with Crippen molar-refractivity contribution in [1.29, 1.82) is 0 Å². The van der Waals surface area contributed by atoms with Gasteiger partial charge in [0.05, 0.1) is 13.2 Å². The van der Waals surface area contributed by atoms with Crippen LogP contribution in [0.4, 0.5) is 0 Å². The Kier molecular flexibility index (Phi) is 3.85. The Bertz CT molecular complexity index is 401. The second kappa shape index (κ2) is 5.57. The number of hydrogen-bond acceptors (Lipinski definition) is 3. The second-order valence-corrected chi connectivity index (χ2v) is 5.56. The molecule has 3 nitrogen and oxygen atoms in total. The first-order valence-corrected chi connectivity index (χ1v) is 6.98. The summed E-state index contributed by atoms with van der Waals surface area (Å²) in [6, 6.07) is 8.89. The first-order valence-electron chi connectivity index (χ1n) is 6.60. The van der Waals surface area contributed by atoms with Gasteiger partial charge in [-0.15, -0.1) is 0 Å². The fraction of sp³-hybridized carbons (Fsp3) is 0.571. The predicted octanol–water partition coefficient (Wildman–Crippen LogP) is 1.86. The van der Waals surface area contributed by atoms with Crippen LogP contribution in [0.5, 0.6) is 0 Å². The Labute approximate surface area is 113 Å². The maximum atomic E-state index is 6.00. The Hall–Kier alpha value is -0.610. The van der Waals surface area contributed by atoms with Crippen LogP contribution in [0.1, 0.15) is 5.56 Å². The van der Waals surface area contributed by atoms with E-state index in [0.29, 0.717) is 0 Å². The number of benzene rings is 1. The number of hydrogen-bond donors (Lipinski definition) is 0. The number of likely N-dealkylation sites (tertiary alicyclic amines) is 1. The van der Waals surface area contributed by atoms with Crippen LogP contribution in [0.2, 0.25) is 5.02 Å². The molecule has 3 rings (SSSR count). The molecule has 0 amide bonds. The lowest BCUT2D eigenvalue weighted by atomic mass is 10.1. The van der Waals surface area contributed by atoms with Crippen molar-refractivity contribution in [2.45, 2.75) is 12.6 Å². The minimum Gasteiger partial charge on any atom is -0.379 e. The van der Waals surface area contributed by atoms with Crippen LogP contribution in [0.15, 0.2) is 24.3 Å². The topological polar surface area (TPSA) is 15.7 Å². The quantitative estimate of drug-likeness (QED) is 0.831. The monoisotopic (exact) mass is 266 g/mol. The number of morpholine rings is 1. The molecule has 0 saturated carbocycles. The van der Waals surface area contributed by atoms with Crippen molar-refractivity contribution in [3.63, 3.8) is 0 Å². The number of ether oxygens (including phenoxy) is 1. The summed E-state index contributed by atoms with van der Waals surface area (Å²) in [4.78, 5) is 5.03. The highest BCUT2D eigenvalue weighted by atomic mass is 35.5. The summed E-state index contributed by atoms with van der Waals surface area (Å²) < 4.78 is 5.38. The van der Waals surface area contributed by atoms with Gasteiger partial charge >= 0.3 is 0 Å². The molecule has 2 aliphatic rings. The average molecular weight is 267 g/mol.